The molecule has 0 atom stereocenters. The van der Waals surface area contributed by atoms with Crippen molar-refractivity contribution in [2.45, 2.75) is 44.2 Å². The second-order valence-electron chi connectivity index (χ2n) is 5.71. The van der Waals surface area contributed by atoms with Crippen LogP contribution in [0.15, 0.2) is 30.3 Å². The Morgan fingerprint density at radius 3 is 2.52 bits per heavy atom. The minimum Gasteiger partial charge on any atom is -0.493 e. The van der Waals surface area contributed by atoms with Gasteiger partial charge in [-0.3, -0.25) is 4.79 Å². The van der Waals surface area contributed by atoms with Crippen LogP contribution in [0.4, 0.5) is 0 Å². The summed E-state index contributed by atoms with van der Waals surface area (Å²) in [5.41, 5.74) is 0. The summed E-state index contributed by atoms with van der Waals surface area (Å²) < 4.78 is 5.59. The molecule has 1 aliphatic rings. The minimum absolute atomic E-state index is 0.179. The third kappa shape index (κ3) is 4.74. The van der Waals surface area contributed by atoms with Gasteiger partial charge in [0.2, 0.25) is 5.91 Å². The molecule has 0 spiro atoms. The van der Waals surface area contributed by atoms with Crippen LogP contribution in [0.5, 0.6) is 5.75 Å². The number of para-hydroxylation sites is 1. The molecule has 0 bridgehead atoms. The molecule has 116 valence electrons. The predicted molar refractivity (Wildman–Crippen MR) is 84.4 cm³/mol. The smallest absolute Gasteiger partial charge is 0.225 e. The lowest BCUT2D eigenvalue weighted by Gasteiger charge is -2.34. The lowest BCUT2D eigenvalue weighted by Crippen LogP contribution is -2.42. The molecule has 1 fully saturated rings. The first-order valence-electron chi connectivity index (χ1n) is 7.81. The predicted octanol–water partition coefficient (Wildman–Crippen LogP) is 2.44. The molecular weight excluding hydrogens is 264 g/mol. The molecule has 1 amide bonds. The number of rotatable bonds is 6. The van der Waals surface area contributed by atoms with Gasteiger partial charge in [-0.1, -0.05) is 18.2 Å². The first-order chi connectivity index (χ1) is 10.2. The molecule has 4 heteroatoms. The molecule has 1 aliphatic carbocycles. The van der Waals surface area contributed by atoms with E-state index in [1.165, 1.54) is 0 Å². The summed E-state index contributed by atoms with van der Waals surface area (Å²) in [4.78, 5) is 14.1. The van der Waals surface area contributed by atoms with Crippen LogP contribution in [-0.2, 0) is 4.79 Å². The van der Waals surface area contributed by atoms with E-state index in [2.05, 4.69) is 5.32 Å². The first kappa shape index (κ1) is 15.8. The van der Waals surface area contributed by atoms with E-state index in [0.717, 1.165) is 31.4 Å². The van der Waals surface area contributed by atoms with Gasteiger partial charge in [-0.05, 0) is 44.9 Å². The van der Waals surface area contributed by atoms with Crippen LogP contribution >= 0.6 is 0 Å². The molecule has 1 aromatic rings. The van der Waals surface area contributed by atoms with Crippen LogP contribution in [0.2, 0.25) is 0 Å². The van der Waals surface area contributed by atoms with Gasteiger partial charge in [-0.2, -0.15) is 0 Å². The third-order valence-corrected chi connectivity index (χ3v) is 4.37. The number of carbonyl (C=O) groups excluding carboxylic acids is 1. The van der Waals surface area contributed by atoms with Crippen LogP contribution in [0.25, 0.3) is 0 Å². The molecule has 0 radical (unpaired) electrons. The number of ether oxygens (including phenoxy) is 1. The molecule has 2 rings (SSSR count). The van der Waals surface area contributed by atoms with E-state index < -0.39 is 0 Å². The van der Waals surface area contributed by atoms with E-state index in [0.29, 0.717) is 25.1 Å². The maximum atomic E-state index is 12.2. The lowest BCUT2D eigenvalue weighted by atomic mass is 9.90. The molecule has 0 aromatic heterocycles. The number of hydrogen-bond donors (Lipinski definition) is 1. The topological polar surface area (TPSA) is 41.6 Å². The van der Waals surface area contributed by atoms with Crippen molar-refractivity contribution in [2.75, 3.05) is 20.7 Å². The lowest BCUT2D eigenvalue weighted by molar-refractivity contribution is -0.133. The summed E-state index contributed by atoms with van der Waals surface area (Å²) >= 11 is 0. The van der Waals surface area contributed by atoms with E-state index in [-0.39, 0.29) is 5.91 Å². The number of nitrogens with zero attached hydrogens (tertiary/aromatic N) is 1. The van der Waals surface area contributed by atoms with E-state index in [1.54, 1.807) is 0 Å². The number of hydrogen-bond acceptors (Lipinski definition) is 3. The van der Waals surface area contributed by atoms with Crippen LogP contribution in [0.3, 0.4) is 0 Å². The second-order valence-corrected chi connectivity index (χ2v) is 5.71. The Bertz CT molecular complexity index is 428. The molecule has 0 saturated heterocycles. The highest BCUT2D eigenvalue weighted by Crippen LogP contribution is 2.22. The number of nitrogens with one attached hydrogen (secondary N) is 1. The Morgan fingerprint density at radius 2 is 1.90 bits per heavy atom. The van der Waals surface area contributed by atoms with E-state index >= 15 is 0 Å². The van der Waals surface area contributed by atoms with E-state index in [9.17, 15) is 4.79 Å². The highest BCUT2D eigenvalue weighted by atomic mass is 16.5. The Hall–Kier alpha value is -1.55. The van der Waals surface area contributed by atoms with Gasteiger partial charge in [0.15, 0.2) is 0 Å². The summed E-state index contributed by atoms with van der Waals surface area (Å²) in [7, 11) is 3.94. The molecule has 4 nitrogen and oxygen atoms in total. The number of carbonyl (C=O) groups is 1. The Kier molecular flexibility index (Phi) is 6.05. The molecule has 0 unspecified atom stereocenters. The summed E-state index contributed by atoms with van der Waals surface area (Å²) in [6.45, 7) is 0.443. The maximum Gasteiger partial charge on any atom is 0.225 e. The highest BCUT2D eigenvalue weighted by molar-refractivity contribution is 5.76. The van der Waals surface area contributed by atoms with Crippen molar-refractivity contribution in [1.82, 2.24) is 10.2 Å². The van der Waals surface area contributed by atoms with Gasteiger partial charge in [-0.15, -0.1) is 0 Å². The van der Waals surface area contributed by atoms with Crippen molar-refractivity contribution >= 4 is 5.91 Å². The van der Waals surface area contributed by atoms with Crippen molar-refractivity contribution in [2.24, 2.45) is 0 Å². The zero-order valence-corrected chi connectivity index (χ0v) is 13.0. The average Bonchev–Trinajstić information content (AvgIpc) is 2.55. The van der Waals surface area contributed by atoms with Crippen molar-refractivity contribution in [1.29, 1.82) is 0 Å². The molecule has 0 aliphatic heterocycles. The zero-order valence-electron chi connectivity index (χ0n) is 13.0. The highest BCUT2D eigenvalue weighted by Gasteiger charge is 2.25. The Balaban J connectivity index is 1.70. The van der Waals surface area contributed by atoms with Crippen molar-refractivity contribution in [3.8, 4) is 5.75 Å². The Morgan fingerprint density at radius 1 is 1.24 bits per heavy atom. The molecule has 1 aromatic carbocycles. The van der Waals surface area contributed by atoms with Gasteiger partial charge < -0.3 is 15.0 Å². The normalized spacial score (nSPS) is 21.8. The van der Waals surface area contributed by atoms with Crippen LogP contribution < -0.4 is 10.1 Å². The van der Waals surface area contributed by atoms with Crippen molar-refractivity contribution in [3.05, 3.63) is 30.3 Å². The van der Waals surface area contributed by atoms with Gasteiger partial charge in [-0.25, -0.2) is 0 Å². The average molecular weight is 290 g/mol. The van der Waals surface area contributed by atoms with Crippen LogP contribution in [-0.4, -0.2) is 43.6 Å². The fraction of sp³-hybridized carbons (Fsp3) is 0.588. The minimum atomic E-state index is 0.179. The quantitative estimate of drug-likeness (QED) is 0.875. The monoisotopic (exact) mass is 290 g/mol. The summed E-state index contributed by atoms with van der Waals surface area (Å²) in [5, 5.41) is 3.32. The molecule has 1 N–H and O–H groups in total. The summed E-state index contributed by atoms with van der Waals surface area (Å²) in [6.07, 6.45) is 4.93. The Labute approximate surface area is 127 Å². The van der Waals surface area contributed by atoms with Crippen LogP contribution in [0, 0.1) is 0 Å². The van der Waals surface area contributed by atoms with Gasteiger partial charge in [0.25, 0.3) is 0 Å². The molecule has 1 saturated carbocycles. The third-order valence-electron chi connectivity index (χ3n) is 4.37. The maximum absolute atomic E-state index is 12.2. The largest absolute Gasteiger partial charge is 0.493 e. The summed E-state index contributed by atoms with van der Waals surface area (Å²) in [6, 6.07) is 10.6. The fourth-order valence-electron chi connectivity index (χ4n) is 2.90. The van der Waals surface area contributed by atoms with Crippen LogP contribution in [0.1, 0.15) is 32.1 Å². The zero-order chi connectivity index (χ0) is 15.1. The van der Waals surface area contributed by atoms with Gasteiger partial charge in [0.05, 0.1) is 13.0 Å². The molecular formula is C17H26N2O2. The van der Waals surface area contributed by atoms with Gasteiger partial charge >= 0.3 is 0 Å². The van der Waals surface area contributed by atoms with Gasteiger partial charge in [0, 0.05) is 19.1 Å². The standard InChI is InChI=1S/C17H26N2O2/c1-18-14-8-10-15(11-9-14)19(2)17(20)12-13-21-16-6-4-3-5-7-16/h3-7,14-15,18H,8-13H2,1-2H3. The molecule has 0 heterocycles. The number of benzene rings is 1. The van der Waals surface area contributed by atoms with E-state index in [4.69, 9.17) is 4.74 Å². The van der Waals surface area contributed by atoms with E-state index in [1.807, 2.05) is 49.3 Å². The van der Waals surface area contributed by atoms with Crippen molar-refractivity contribution in [3.63, 3.8) is 0 Å². The summed E-state index contributed by atoms with van der Waals surface area (Å²) in [5.74, 6) is 1.00. The van der Waals surface area contributed by atoms with Gasteiger partial charge in [0.1, 0.15) is 5.75 Å². The SMILES string of the molecule is CNC1CCC(N(C)C(=O)CCOc2ccccc2)CC1. The van der Waals surface area contributed by atoms with Crippen molar-refractivity contribution < 1.29 is 9.53 Å². The fourth-order valence-corrected chi connectivity index (χ4v) is 2.90. The first-order valence-corrected chi connectivity index (χ1v) is 7.81. The number of amides is 1. The second kappa shape index (κ2) is 8.03. The molecule has 21 heavy (non-hydrogen) atoms.